The van der Waals surface area contributed by atoms with Gasteiger partial charge in [-0.1, -0.05) is 46.3 Å². The van der Waals surface area contributed by atoms with Crippen molar-refractivity contribution in [3.05, 3.63) is 64.1 Å². The second-order valence-electron chi connectivity index (χ2n) is 9.24. The van der Waals surface area contributed by atoms with E-state index in [1.165, 1.54) is 0 Å². The molecule has 3 fully saturated rings. The quantitative estimate of drug-likeness (QED) is 0.536. The third-order valence-electron chi connectivity index (χ3n) is 7.73. The first-order valence-corrected chi connectivity index (χ1v) is 12.4. The van der Waals surface area contributed by atoms with Crippen LogP contribution < -0.4 is 4.74 Å². The maximum Gasteiger partial charge on any atom is 0.217 e. The predicted molar refractivity (Wildman–Crippen MR) is 129 cm³/mol. The van der Waals surface area contributed by atoms with Crippen LogP contribution in [0.2, 0.25) is 0 Å². The van der Waals surface area contributed by atoms with Crippen LogP contribution in [0.1, 0.15) is 49.3 Å². The van der Waals surface area contributed by atoms with Gasteiger partial charge in [-0.3, -0.25) is 5.41 Å². The molecule has 7 nitrogen and oxygen atoms in total. The molecular weight excluding hydrogens is 508 g/mol. The van der Waals surface area contributed by atoms with E-state index in [0.29, 0.717) is 35.2 Å². The number of halogens is 1. The second-order valence-corrected chi connectivity index (χ2v) is 10.2. The molecule has 1 aliphatic carbocycles. The van der Waals surface area contributed by atoms with Crippen LogP contribution >= 0.6 is 15.9 Å². The van der Waals surface area contributed by atoms with Crippen molar-refractivity contribution in [3.8, 4) is 24.0 Å². The van der Waals surface area contributed by atoms with Crippen LogP contribution in [0.4, 0.5) is 0 Å². The summed E-state index contributed by atoms with van der Waals surface area (Å²) in [5, 5.41) is 40.6. The summed E-state index contributed by atoms with van der Waals surface area (Å²) in [6, 6.07) is 21.8. The molecule has 2 heterocycles. The SMILES string of the molecule is CCOc1ccc(Br)cc1C1OC23CCC(c4ccccc4)CC2C(C#N)(C(=N)O3)C1(C#N)C#N. The molecule has 0 radical (unpaired) electrons. The van der Waals surface area contributed by atoms with Crippen molar-refractivity contribution in [2.75, 3.05) is 6.61 Å². The molecule has 2 aliphatic heterocycles. The topological polar surface area (TPSA) is 123 Å². The van der Waals surface area contributed by atoms with Gasteiger partial charge in [-0.05, 0) is 49.4 Å². The molecule has 35 heavy (non-hydrogen) atoms. The number of rotatable bonds is 4. The maximum atomic E-state index is 10.7. The van der Waals surface area contributed by atoms with E-state index in [1.54, 1.807) is 18.2 Å². The average Bonchev–Trinajstić information content (AvgIpc) is 3.09. The summed E-state index contributed by atoms with van der Waals surface area (Å²) in [6.45, 7) is 2.21. The molecule has 2 saturated heterocycles. The summed E-state index contributed by atoms with van der Waals surface area (Å²) >= 11 is 3.47. The van der Waals surface area contributed by atoms with Crippen LogP contribution in [0.15, 0.2) is 53.0 Å². The Hall–Kier alpha value is -3.38. The smallest absolute Gasteiger partial charge is 0.217 e. The van der Waals surface area contributed by atoms with Gasteiger partial charge in [-0.25, -0.2) is 0 Å². The van der Waals surface area contributed by atoms with Gasteiger partial charge in [0.25, 0.3) is 0 Å². The average molecular weight is 531 g/mol. The Morgan fingerprint density at radius 3 is 2.51 bits per heavy atom. The Morgan fingerprint density at radius 1 is 1.11 bits per heavy atom. The van der Waals surface area contributed by atoms with Gasteiger partial charge in [0, 0.05) is 16.5 Å². The van der Waals surface area contributed by atoms with Crippen LogP contribution in [0.3, 0.4) is 0 Å². The van der Waals surface area contributed by atoms with Crippen molar-refractivity contribution in [1.82, 2.24) is 0 Å². The van der Waals surface area contributed by atoms with E-state index in [1.807, 2.05) is 37.3 Å². The van der Waals surface area contributed by atoms with E-state index in [4.69, 9.17) is 19.6 Å². The van der Waals surface area contributed by atoms with Crippen LogP contribution in [0.5, 0.6) is 5.75 Å². The number of ether oxygens (including phenoxy) is 3. The molecule has 5 unspecified atom stereocenters. The van der Waals surface area contributed by atoms with Gasteiger partial charge in [-0.2, -0.15) is 15.8 Å². The zero-order valence-corrected chi connectivity index (χ0v) is 20.7. The Kier molecular flexibility index (Phi) is 5.59. The molecule has 8 heteroatoms. The molecule has 2 bridgehead atoms. The molecule has 0 amide bonds. The van der Waals surface area contributed by atoms with Crippen LogP contribution in [0.25, 0.3) is 0 Å². The van der Waals surface area contributed by atoms with E-state index in [2.05, 4.69) is 34.1 Å². The van der Waals surface area contributed by atoms with Crippen LogP contribution in [-0.4, -0.2) is 18.3 Å². The molecule has 0 spiro atoms. The molecule has 0 aromatic heterocycles. The van der Waals surface area contributed by atoms with Gasteiger partial charge in [0.15, 0.2) is 5.41 Å². The minimum atomic E-state index is -2.02. The van der Waals surface area contributed by atoms with Gasteiger partial charge in [0.05, 0.1) is 30.7 Å². The Balaban J connectivity index is 1.70. The van der Waals surface area contributed by atoms with Crippen LogP contribution in [0, 0.1) is 56.2 Å². The van der Waals surface area contributed by atoms with E-state index in [0.717, 1.165) is 12.0 Å². The minimum absolute atomic E-state index is 0.0941. The first-order valence-electron chi connectivity index (χ1n) is 11.6. The molecular formula is C27H23BrN4O3. The molecule has 5 atom stereocenters. The van der Waals surface area contributed by atoms with Crippen molar-refractivity contribution < 1.29 is 14.2 Å². The van der Waals surface area contributed by atoms with Crippen molar-refractivity contribution in [2.24, 2.45) is 16.7 Å². The Bertz CT molecular complexity index is 1300. The Morgan fingerprint density at radius 2 is 1.86 bits per heavy atom. The van der Waals surface area contributed by atoms with E-state index in [-0.39, 0.29) is 11.8 Å². The summed E-state index contributed by atoms with van der Waals surface area (Å²) in [6.07, 6.45) is 0.479. The molecule has 1 N–H and O–H groups in total. The van der Waals surface area contributed by atoms with Crippen molar-refractivity contribution >= 4 is 21.8 Å². The molecule has 1 saturated carbocycles. The van der Waals surface area contributed by atoms with E-state index < -0.39 is 28.6 Å². The molecule has 176 valence electrons. The van der Waals surface area contributed by atoms with Gasteiger partial charge in [0.2, 0.25) is 17.1 Å². The number of nitriles is 3. The van der Waals surface area contributed by atoms with Crippen molar-refractivity contribution in [3.63, 3.8) is 0 Å². The summed E-state index contributed by atoms with van der Waals surface area (Å²) in [5.41, 5.74) is -2.22. The maximum absolute atomic E-state index is 10.7. The van der Waals surface area contributed by atoms with Gasteiger partial charge in [-0.15, -0.1) is 0 Å². The lowest BCUT2D eigenvalue weighted by Crippen LogP contribution is -2.60. The lowest BCUT2D eigenvalue weighted by molar-refractivity contribution is -0.296. The first kappa shape index (κ1) is 23.4. The summed E-state index contributed by atoms with van der Waals surface area (Å²) < 4.78 is 19.2. The third kappa shape index (κ3) is 3.05. The van der Waals surface area contributed by atoms with E-state index >= 15 is 0 Å². The normalized spacial score (nSPS) is 32.3. The zero-order valence-electron chi connectivity index (χ0n) is 19.1. The van der Waals surface area contributed by atoms with Crippen molar-refractivity contribution in [2.45, 2.75) is 44.0 Å². The number of hydrogen-bond acceptors (Lipinski definition) is 7. The van der Waals surface area contributed by atoms with Gasteiger partial charge >= 0.3 is 0 Å². The van der Waals surface area contributed by atoms with Gasteiger partial charge < -0.3 is 14.2 Å². The lowest BCUT2D eigenvalue weighted by Gasteiger charge is -2.53. The minimum Gasteiger partial charge on any atom is -0.493 e. The zero-order chi connectivity index (χ0) is 24.8. The fourth-order valence-corrected chi connectivity index (χ4v) is 6.54. The highest BCUT2D eigenvalue weighted by Gasteiger charge is 2.81. The fourth-order valence-electron chi connectivity index (χ4n) is 6.16. The molecule has 2 aromatic carbocycles. The Labute approximate surface area is 212 Å². The summed E-state index contributed by atoms with van der Waals surface area (Å²) in [7, 11) is 0. The number of nitrogens with one attached hydrogen (secondary N) is 1. The summed E-state index contributed by atoms with van der Waals surface area (Å²) in [4.78, 5) is 0. The third-order valence-corrected chi connectivity index (χ3v) is 8.23. The highest BCUT2D eigenvalue weighted by molar-refractivity contribution is 9.10. The van der Waals surface area contributed by atoms with Crippen LogP contribution in [-0.2, 0) is 9.47 Å². The highest BCUT2D eigenvalue weighted by Crippen LogP contribution is 2.71. The predicted octanol–water partition coefficient (Wildman–Crippen LogP) is 5.75. The molecule has 3 aliphatic rings. The van der Waals surface area contributed by atoms with Gasteiger partial charge in [0.1, 0.15) is 11.9 Å². The fraction of sp³-hybridized carbons (Fsp3) is 0.407. The second kappa shape index (κ2) is 8.38. The largest absolute Gasteiger partial charge is 0.493 e. The highest BCUT2D eigenvalue weighted by atomic mass is 79.9. The summed E-state index contributed by atoms with van der Waals surface area (Å²) in [5.74, 6) is -1.73. The molecule has 2 aromatic rings. The first-order chi connectivity index (χ1) is 16.9. The standard InChI is InChI=1S/C27H23BrN4O3/c1-2-33-21-9-8-19(28)13-20(21)23-25(14-29,15-30)26(16-31)22-12-18(17-6-4-3-5-7-17)10-11-27(22,34-23)35-24(26)32/h3-9,13,18,22-23,32H,2,10-12H2,1H3. The lowest BCUT2D eigenvalue weighted by atomic mass is 9.50. The van der Waals surface area contributed by atoms with E-state index in [9.17, 15) is 15.8 Å². The molecule has 5 rings (SSSR count). The number of nitrogens with zero attached hydrogens (tertiary/aromatic N) is 3. The monoisotopic (exact) mass is 530 g/mol. The number of hydrogen-bond donors (Lipinski definition) is 1. The van der Waals surface area contributed by atoms with Crippen molar-refractivity contribution in [1.29, 1.82) is 21.2 Å². The number of benzene rings is 2.